The Hall–Kier alpha value is -3.35. The predicted molar refractivity (Wildman–Crippen MR) is 105 cm³/mol. The molecule has 0 saturated carbocycles. The number of hydrogen-bond donors (Lipinski definition) is 0. The Morgan fingerprint density at radius 2 is 2.07 bits per heavy atom. The second kappa shape index (κ2) is 6.67. The third-order valence-electron chi connectivity index (χ3n) is 5.40. The van der Waals surface area contributed by atoms with E-state index in [1.807, 2.05) is 42.2 Å². The third-order valence-corrected chi connectivity index (χ3v) is 5.40. The molecule has 1 saturated heterocycles. The minimum Gasteiger partial charge on any atom is -0.338 e. The highest BCUT2D eigenvalue weighted by Crippen LogP contribution is 2.29. The van der Waals surface area contributed by atoms with Crippen molar-refractivity contribution in [3.8, 4) is 0 Å². The molecule has 0 aliphatic carbocycles. The first kappa shape index (κ1) is 16.8. The summed E-state index contributed by atoms with van der Waals surface area (Å²) in [5.74, 6) is 0.845. The molecule has 1 aliphatic rings. The number of amides is 1. The number of pyridine rings is 1. The van der Waals surface area contributed by atoms with E-state index < -0.39 is 0 Å². The number of benzene rings is 1. The number of carbonyl (C=O) groups excluding carboxylic acids is 1. The molecular weight excluding hydrogens is 352 g/mol. The van der Waals surface area contributed by atoms with Gasteiger partial charge in [-0.05, 0) is 38.0 Å². The molecule has 1 aromatic carbocycles. The van der Waals surface area contributed by atoms with Gasteiger partial charge in [0.15, 0.2) is 0 Å². The Balaban J connectivity index is 1.48. The summed E-state index contributed by atoms with van der Waals surface area (Å²) >= 11 is 0. The normalized spacial score (nSPS) is 17.3. The van der Waals surface area contributed by atoms with Gasteiger partial charge in [0.2, 0.25) is 0 Å². The molecule has 28 heavy (non-hydrogen) atoms. The van der Waals surface area contributed by atoms with E-state index in [-0.39, 0.29) is 11.8 Å². The molecule has 1 unspecified atom stereocenters. The first-order valence-electron chi connectivity index (χ1n) is 9.51. The quantitative estimate of drug-likeness (QED) is 0.541. The lowest BCUT2D eigenvalue weighted by Crippen LogP contribution is -2.39. The zero-order valence-electron chi connectivity index (χ0n) is 15.6. The van der Waals surface area contributed by atoms with Gasteiger partial charge in [0.1, 0.15) is 6.33 Å². The molecule has 4 heterocycles. The number of carbonyl (C=O) groups is 1. The fourth-order valence-electron chi connectivity index (χ4n) is 4.10. The average Bonchev–Trinajstić information content (AvgIpc) is 3.20. The Morgan fingerprint density at radius 1 is 1.18 bits per heavy atom. The molecule has 3 aromatic heterocycles. The Labute approximate surface area is 162 Å². The zero-order chi connectivity index (χ0) is 19.1. The van der Waals surface area contributed by atoms with Crippen LogP contribution in [0, 0.1) is 6.92 Å². The molecule has 4 aromatic rings. The number of aromatic nitrogens is 5. The highest BCUT2D eigenvalue weighted by atomic mass is 16.2. The summed E-state index contributed by atoms with van der Waals surface area (Å²) in [6, 6.07) is 11.7. The molecule has 0 bridgehead atoms. The summed E-state index contributed by atoms with van der Waals surface area (Å²) in [5.41, 5.74) is 3.40. The van der Waals surface area contributed by atoms with Crippen molar-refractivity contribution in [1.82, 2.24) is 29.5 Å². The lowest BCUT2D eigenvalue weighted by atomic mass is 9.93. The minimum absolute atomic E-state index is 0.0367. The van der Waals surface area contributed by atoms with Crippen LogP contribution in [0.1, 0.15) is 40.5 Å². The van der Waals surface area contributed by atoms with Crippen LogP contribution in [0.4, 0.5) is 0 Å². The fourth-order valence-corrected chi connectivity index (χ4v) is 4.10. The van der Waals surface area contributed by atoms with Crippen molar-refractivity contribution in [2.24, 2.45) is 0 Å². The van der Waals surface area contributed by atoms with Gasteiger partial charge in [-0.2, -0.15) is 10.1 Å². The maximum Gasteiger partial charge on any atom is 0.256 e. The van der Waals surface area contributed by atoms with Gasteiger partial charge in [0.25, 0.3) is 11.7 Å². The van der Waals surface area contributed by atoms with E-state index >= 15 is 0 Å². The molecule has 7 nitrogen and oxygen atoms in total. The summed E-state index contributed by atoms with van der Waals surface area (Å²) < 4.78 is 1.80. The monoisotopic (exact) mass is 372 g/mol. The average molecular weight is 372 g/mol. The number of piperidine rings is 1. The highest BCUT2D eigenvalue weighted by molar-refractivity contribution is 6.05. The van der Waals surface area contributed by atoms with Crippen LogP contribution in [-0.4, -0.2) is 48.5 Å². The number of nitrogens with zero attached hydrogens (tertiary/aromatic N) is 6. The van der Waals surface area contributed by atoms with Crippen molar-refractivity contribution in [1.29, 1.82) is 0 Å². The smallest absolute Gasteiger partial charge is 0.256 e. The molecule has 5 rings (SSSR count). The predicted octanol–water partition coefficient (Wildman–Crippen LogP) is 3.00. The van der Waals surface area contributed by atoms with Gasteiger partial charge in [-0.25, -0.2) is 9.50 Å². The molecule has 1 aliphatic heterocycles. The first-order chi connectivity index (χ1) is 13.7. The van der Waals surface area contributed by atoms with Crippen LogP contribution in [0.3, 0.4) is 0 Å². The lowest BCUT2D eigenvalue weighted by Gasteiger charge is -2.33. The third kappa shape index (κ3) is 2.79. The van der Waals surface area contributed by atoms with E-state index in [0.717, 1.165) is 41.7 Å². The van der Waals surface area contributed by atoms with Crippen molar-refractivity contribution in [2.75, 3.05) is 13.1 Å². The summed E-state index contributed by atoms with van der Waals surface area (Å²) in [6.45, 7) is 3.37. The van der Waals surface area contributed by atoms with Gasteiger partial charge in [-0.3, -0.25) is 9.78 Å². The second-order valence-corrected chi connectivity index (χ2v) is 7.27. The maximum absolute atomic E-state index is 13.3. The molecule has 140 valence electrons. The van der Waals surface area contributed by atoms with Gasteiger partial charge in [-0.1, -0.05) is 18.2 Å². The van der Waals surface area contributed by atoms with Crippen molar-refractivity contribution in [2.45, 2.75) is 25.7 Å². The summed E-state index contributed by atoms with van der Waals surface area (Å²) in [7, 11) is 0. The van der Waals surface area contributed by atoms with Gasteiger partial charge in [-0.15, -0.1) is 0 Å². The molecule has 7 heteroatoms. The Morgan fingerprint density at radius 3 is 3.00 bits per heavy atom. The summed E-state index contributed by atoms with van der Waals surface area (Å²) in [6.07, 6.45) is 5.22. The van der Waals surface area contributed by atoms with E-state index in [4.69, 9.17) is 0 Å². The van der Waals surface area contributed by atoms with E-state index in [1.54, 1.807) is 10.7 Å². The number of fused-ring (bicyclic) bond motifs is 2. The van der Waals surface area contributed by atoms with Crippen LogP contribution in [0.5, 0.6) is 0 Å². The fraction of sp³-hybridized carbons (Fsp3) is 0.286. The summed E-state index contributed by atoms with van der Waals surface area (Å²) in [4.78, 5) is 28.3. The topological polar surface area (TPSA) is 76.3 Å². The molecule has 1 atom stereocenters. The highest BCUT2D eigenvalue weighted by Gasteiger charge is 2.28. The van der Waals surface area contributed by atoms with Crippen molar-refractivity contribution < 1.29 is 4.79 Å². The van der Waals surface area contributed by atoms with Gasteiger partial charge < -0.3 is 4.90 Å². The molecule has 1 amide bonds. The van der Waals surface area contributed by atoms with Crippen LogP contribution < -0.4 is 0 Å². The molecule has 1 fully saturated rings. The van der Waals surface area contributed by atoms with E-state index in [0.29, 0.717) is 17.9 Å². The van der Waals surface area contributed by atoms with Crippen LogP contribution in [0.2, 0.25) is 0 Å². The largest absolute Gasteiger partial charge is 0.338 e. The van der Waals surface area contributed by atoms with Crippen molar-refractivity contribution in [3.63, 3.8) is 0 Å². The lowest BCUT2D eigenvalue weighted by molar-refractivity contribution is 0.0707. The van der Waals surface area contributed by atoms with Crippen LogP contribution in [0.25, 0.3) is 16.7 Å². The maximum atomic E-state index is 13.3. The molecule has 0 radical (unpaired) electrons. The number of likely N-dealkylation sites (tertiary alicyclic amines) is 1. The molecule has 0 spiro atoms. The first-order valence-corrected chi connectivity index (χ1v) is 9.51. The van der Waals surface area contributed by atoms with Crippen LogP contribution >= 0.6 is 0 Å². The van der Waals surface area contributed by atoms with Crippen molar-refractivity contribution >= 4 is 22.6 Å². The number of hydrogen-bond acceptors (Lipinski definition) is 5. The van der Waals surface area contributed by atoms with E-state index in [1.165, 1.54) is 6.33 Å². The Kier molecular flexibility index (Phi) is 4.00. The van der Waals surface area contributed by atoms with Gasteiger partial charge >= 0.3 is 0 Å². The van der Waals surface area contributed by atoms with E-state index in [9.17, 15) is 4.79 Å². The molecule has 0 N–H and O–H groups in total. The van der Waals surface area contributed by atoms with Gasteiger partial charge in [0.05, 0.1) is 16.8 Å². The standard InChI is InChI=1S/C21H20N6O/c1-14-11-18(27-21(25-14)23-13-24-27)16-7-4-10-26(12-16)20(28)17-8-2-5-15-6-3-9-22-19(15)17/h2-3,5-6,8-9,11,13,16H,4,7,10,12H2,1H3. The van der Waals surface area contributed by atoms with E-state index in [2.05, 4.69) is 26.1 Å². The van der Waals surface area contributed by atoms with Crippen LogP contribution in [0.15, 0.2) is 48.9 Å². The minimum atomic E-state index is 0.0367. The number of rotatable bonds is 2. The Bertz CT molecular complexity index is 1180. The number of para-hydroxylation sites is 1. The second-order valence-electron chi connectivity index (χ2n) is 7.27. The van der Waals surface area contributed by atoms with Crippen LogP contribution in [-0.2, 0) is 0 Å². The SMILES string of the molecule is Cc1cc(C2CCCN(C(=O)c3cccc4cccnc34)C2)n2ncnc2n1. The van der Waals surface area contributed by atoms with Gasteiger partial charge in [0, 0.05) is 36.3 Å². The number of aryl methyl sites for hydroxylation is 1. The zero-order valence-corrected chi connectivity index (χ0v) is 15.6. The summed E-state index contributed by atoms with van der Waals surface area (Å²) in [5, 5.41) is 5.32. The van der Waals surface area contributed by atoms with Crippen molar-refractivity contribution in [3.05, 3.63) is 65.9 Å². The molecular formula is C21H20N6O.